The van der Waals surface area contributed by atoms with Gasteiger partial charge < -0.3 is 36.4 Å². The Hall–Kier alpha value is -3.13. The Morgan fingerprint density at radius 2 is 2.10 bits per heavy atom. The fourth-order valence-electron chi connectivity index (χ4n) is 3.52. The summed E-state index contributed by atoms with van der Waals surface area (Å²) < 4.78 is 2.93. The number of hydrogen-bond donors (Lipinski definition) is 5. The van der Waals surface area contributed by atoms with Crippen molar-refractivity contribution in [3.8, 4) is 5.95 Å². The molecular weight excluding hydrogens is 384 g/mol. The highest BCUT2D eigenvalue weighted by Crippen LogP contribution is 2.37. The molecule has 0 aromatic carbocycles. The second-order valence-corrected chi connectivity index (χ2v) is 6.71. The van der Waals surface area contributed by atoms with E-state index < -0.39 is 24.2 Å². The third-order valence-corrected chi connectivity index (χ3v) is 5.08. The van der Waals surface area contributed by atoms with Gasteiger partial charge in [-0.25, -0.2) is 9.67 Å². The zero-order chi connectivity index (χ0) is 20.0. The van der Waals surface area contributed by atoms with Gasteiger partial charge in [-0.1, -0.05) is 0 Å². The molecule has 0 radical (unpaired) electrons. The summed E-state index contributed by atoms with van der Waals surface area (Å²) in [5, 5.41) is 36.5. The zero-order valence-electron chi connectivity index (χ0n) is 15.5. The molecule has 3 aromatic rings. The van der Waals surface area contributed by atoms with E-state index in [-0.39, 0.29) is 29.8 Å². The third kappa shape index (κ3) is 3.29. The van der Waals surface area contributed by atoms with Crippen molar-refractivity contribution in [2.45, 2.75) is 24.7 Å². The molecule has 29 heavy (non-hydrogen) atoms. The van der Waals surface area contributed by atoms with Crippen molar-refractivity contribution in [1.29, 1.82) is 0 Å². The molecule has 1 amide bonds. The van der Waals surface area contributed by atoms with Gasteiger partial charge in [-0.3, -0.25) is 4.79 Å². The maximum absolute atomic E-state index is 11.7. The Morgan fingerprint density at radius 1 is 1.34 bits per heavy atom. The number of rotatable bonds is 4. The molecule has 0 spiro atoms. The van der Waals surface area contributed by atoms with Crippen LogP contribution in [-0.2, 0) is 0 Å². The molecule has 13 nitrogen and oxygen atoms in total. The standard InChI is InChI=1S/C16H20N8O4.H2O/c1-18-15(28)8-3-20-24(4-8)16-21-13(17)10-14(22-16)23(6-19-10)9-2-7(5-25)11(26)12(9)27;/h3-4,6-7,9,11-12,25-27H,2,5H2,1H3,(H,18,28)(H2,17,21,22);1H2/t7-,9?,11-,12+;/m1./s1. The molecule has 8 N–H and O–H groups in total. The molecule has 1 aliphatic rings. The molecule has 1 saturated carbocycles. The molecule has 1 aliphatic carbocycles. The molecule has 156 valence electrons. The van der Waals surface area contributed by atoms with Crippen LogP contribution in [0.5, 0.6) is 0 Å². The number of aromatic nitrogens is 6. The first-order chi connectivity index (χ1) is 13.4. The smallest absolute Gasteiger partial charge is 0.254 e. The van der Waals surface area contributed by atoms with E-state index in [9.17, 15) is 20.1 Å². The molecule has 4 rings (SSSR count). The number of anilines is 1. The summed E-state index contributed by atoms with van der Waals surface area (Å²) in [6.07, 6.45) is 2.54. The SMILES string of the molecule is CNC(=O)c1cnn(-c2nc(N)c3ncn(C4C[C@H](CO)[C@@H](O)[C@H]4O)c3n2)c1.O. The van der Waals surface area contributed by atoms with Crippen molar-refractivity contribution in [3.63, 3.8) is 0 Å². The minimum Gasteiger partial charge on any atom is -0.412 e. The summed E-state index contributed by atoms with van der Waals surface area (Å²) in [6, 6.07) is -0.529. The number of nitrogens with two attached hydrogens (primary N) is 1. The molecule has 1 unspecified atom stereocenters. The summed E-state index contributed by atoms with van der Waals surface area (Å²) in [4.78, 5) is 24.6. The maximum Gasteiger partial charge on any atom is 0.254 e. The monoisotopic (exact) mass is 406 g/mol. The summed E-state index contributed by atoms with van der Waals surface area (Å²) in [6.45, 7) is -0.237. The van der Waals surface area contributed by atoms with E-state index in [1.807, 2.05) is 0 Å². The Morgan fingerprint density at radius 3 is 2.76 bits per heavy atom. The summed E-state index contributed by atoms with van der Waals surface area (Å²) in [5.41, 5.74) is 7.05. The second-order valence-electron chi connectivity index (χ2n) is 6.71. The van der Waals surface area contributed by atoms with Crippen LogP contribution in [0.15, 0.2) is 18.7 Å². The summed E-state index contributed by atoms with van der Waals surface area (Å²) in [7, 11) is 1.51. The van der Waals surface area contributed by atoms with Gasteiger partial charge in [0.1, 0.15) is 11.6 Å². The highest BCUT2D eigenvalue weighted by atomic mass is 16.3. The van der Waals surface area contributed by atoms with Crippen LogP contribution in [0.1, 0.15) is 22.8 Å². The first-order valence-corrected chi connectivity index (χ1v) is 8.68. The van der Waals surface area contributed by atoms with E-state index in [0.29, 0.717) is 23.1 Å². The van der Waals surface area contributed by atoms with E-state index in [0.717, 1.165) is 0 Å². The topological polar surface area (TPSA) is 209 Å². The van der Waals surface area contributed by atoms with Gasteiger partial charge in [0.05, 0.1) is 30.2 Å². The lowest BCUT2D eigenvalue weighted by Gasteiger charge is -2.18. The lowest BCUT2D eigenvalue weighted by atomic mass is 10.1. The molecule has 4 atom stereocenters. The van der Waals surface area contributed by atoms with Crippen molar-refractivity contribution < 1.29 is 25.6 Å². The van der Waals surface area contributed by atoms with Crippen molar-refractivity contribution in [1.82, 2.24) is 34.6 Å². The summed E-state index contributed by atoms with van der Waals surface area (Å²) >= 11 is 0. The molecule has 13 heteroatoms. The highest BCUT2D eigenvalue weighted by molar-refractivity contribution is 5.93. The van der Waals surface area contributed by atoms with Gasteiger partial charge in [-0.15, -0.1) is 0 Å². The van der Waals surface area contributed by atoms with E-state index >= 15 is 0 Å². The number of fused-ring (bicyclic) bond motifs is 1. The van der Waals surface area contributed by atoms with Crippen molar-refractivity contribution in [2.24, 2.45) is 5.92 Å². The van der Waals surface area contributed by atoms with Gasteiger partial charge in [0.15, 0.2) is 11.5 Å². The van der Waals surface area contributed by atoms with Gasteiger partial charge in [0.2, 0.25) is 0 Å². The number of aliphatic hydroxyl groups excluding tert-OH is 3. The number of amides is 1. The molecule has 0 aliphatic heterocycles. The van der Waals surface area contributed by atoms with Crippen LogP contribution in [0.3, 0.4) is 0 Å². The highest BCUT2D eigenvalue weighted by Gasteiger charge is 2.42. The number of nitrogens with zero attached hydrogens (tertiary/aromatic N) is 6. The van der Waals surface area contributed by atoms with Crippen LogP contribution in [-0.4, -0.2) is 81.9 Å². The van der Waals surface area contributed by atoms with Crippen LogP contribution in [0.25, 0.3) is 17.1 Å². The van der Waals surface area contributed by atoms with E-state index in [1.165, 1.54) is 30.5 Å². The number of hydrogen-bond acceptors (Lipinski definition) is 9. The number of aliphatic hydroxyl groups is 3. The Labute approximate surface area is 164 Å². The predicted octanol–water partition coefficient (Wildman–Crippen LogP) is -2.60. The lowest BCUT2D eigenvalue weighted by molar-refractivity contribution is -0.00370. The van der Waals surface area contributed by atoms with Crippen molar-refractivity contribution >= 4 is 22.9 Å². The van der Waals surface area contributed by atoms with E-state index in [1.54, 1.807) is 4.57 Å². The number of nitrogen functional groups attached to an aromatic ring is 1. The number of nitrogens with one attached hydrogen (secondary N) is 1. The van der Waals surface area contributed by atoms with Crippen LogP contribution in [0.2, 0.25) is 0 Å². The third-order valence-electron chi connectivity index (χ3n) is 5.08. The lowest BCUT2D eigenvalue weighted by Crippen LogP contribution is -2.30. The van der Waals surface area contributed by atoms with Crippen LogP contribution < -0.4 is 11.1 Å². The van der Waals surface area contributed by atoms with Crippen LogP contribution in [0, 0.1) is 5.92 Å². The van der Waals surface area contributed by atoms with E-state index in [4.69, 9.17) is 5.73 Å². The minimum atomic E-state index is -1.08. The Kier molecular flexibility index (Phi) is 5.48. The fourth-order valence-corrected chi connectivity index (χ4v) is 3.52. The average molecular weight is 406 g/mol. The molecular formula is C16H22N8O5. The first kappa shape index (κ1) is 20.6. The van der Waals surface area contributed by atoms with Gasteiger partial charge in [0.25, 0.3) is 11.9 Å². The molecule has 0 saturated heterocycles. The van der Waals surface area contributed by atoms with Crippen LogP contribution >= 0.6 is 0 Å². The van der Waals surface area contributed by atoms with Crippen LogP contribution in [0.4, 0.5) is 5.82 Å². The van der Waals surface area contributed by atoms with Gasteiger partial charge in [-0.2, -0.15) is 15.1 Å². The maximum atomic E-state index is 11.7. The molecule has 0 bridgehead atoms. The Balaban J connectivity index is 0.00000240. The second kappa shape index (κ2) is 7.71. The van der Waals surface area contributed by atoms with E-state index in [2.05, 4.69) is 25.4 Å². The number of imidazole rings is 1. The van der Waals surface area contributed by atoms with Gasteiger partial charge in [0, 0.05) is 25.8 Å². The van der Waals surface area contributed by atoms with Crippen molar-refractivity contribution in [3.05, 3.63) is 24.3 Å². The average Bonchev–Trinajstić information content (AvgIpc) is 3.40. The normalized spacial score (nSPS) is 23.9. The van der Waals surface area contributed by atoms with Crippen molar-refractivity contribution in [2.75, 3.05) is 19.4 Å². The quantitative estimate of drug-likeness (QED) is 0.307. The first-order valence-electron chi connectivity index (χ1n) is 8.68. The van der Waals surface area contributed by atoms with Gasteiger partial charge >= 0.3 is 0 Å². The molecule has 3 heterocycles. The zero-order valence-corrected chi connectivity index (χ0v) is 15.5. The largest absolute Gasteiger partial charge is 0.412 e. The number of carbonyl (C=O) groups excluding carboxylic acids is 1. The molecule has 1 fully saturated rings. The number of carbonyl (C=O) groups is 1. The summed E-state index contributed by atoms with van der Waals surface area (Å²) in [5.74, 6) is -0.503. The predicted molar refractivity (Wildman–Crippen MR) is 100 cm³/mol. The molecule has 3 aromatic heterocycles. The Bertz CT molecular complexity index is 1030. The minimum absolute atomic E-state index is 0. The van der Waals surface area contributed by atoms with Gasteiger partial charge in [-0.05, 0) is 6.42 Å². The fraction of sp³-hybridized carbons (Fsp3) is 0.438.